The number of amidine groups is 1. The number of alkyl halides is 1. The number of nitrogens with zero attached hydrogens (tertiary/aromatic N) is 2. The molecule has 1 atom stereocenters. The van der Waals surface area contributed by atoms with Gasteiger partial charge in [-0.05, 0) is 31.0 Å². The smallest absolute Gasteiger partial charge is 0.412 e. The van der Waals surface area contributed by atoms with E-state index >= 15 is 0 Å². The second-order valence-corrected chi connectivity index (χ2v) is 4.96. The zero-order chi connectivity index (χ0) is 15.4. The van der Waals surface area contributed by atoms with Gasteiger partial charge in [-0.15, -0.1) is 0 Å². The largest absolute Gasteiger partial charge is 0.482 e. The molecule has 6 heteroatoms. The molecule has 1 aromatic carbocycles. The summed E-state index contributed by atoms with van der Waals surface area (Å²) >= 11 is 0. The molecule has 114 valence electrons. The first-order valence-electron chi connectivity index (χ1n) is 6.88. The second kappa shape index (κ2) is 6.56. The van der Waals surface area contributed by atoms with Gasteiger partial charge in [-0.2, -0.15) is 0 Å². The zero-order valence-electron chi connectivity index (χ0n) is 12.2. The minimum atomic E-state index is -1.08. The number of rotatable bonds is 5. The van der Waals surface area contributed by atoms with Gasteiger partial charge in [-0.25, -0.2) is 4.79 Å². The Labute approximate surface area is 123 Å². The minimum absolute atomic E-state index is 0.0794. The molecule has 1 amide bonds. The number of carbonyl (C=O) groups is 1. The maximum Gasteiger partial charge on any atom is 0.412 e. The molecule has 1 N–H and O–H groups in total. The maximum absolute atomic E-state index is 12.8. The molecule has 0 spiro atoms. The fourth-order valence-corrected chi connectivity index (χ4v) is 2.28. The van der Waals surface area contributed by atoms with Gasteiger partial charge >= 0.3 is 6.09 Å². The number of halogens is 1. The Morgan fingerprint density at radius 1 is 1.52 bits per heavy atom. The molecule has 0 radical (unpaired) electrons. The van der Waals surface area contributed by atoms with Crippen molar-refractivity contribution in [3.63, 3.8) is 0 Å². The summed E-state index contributed by atoms with van der Waals surface area (Å²) in [5.41, 5.74) is 2.02. The Morgan fingerprint density at radius 2 is 2.29 bits per heavy atom. The second-order valence-electron chi connectivity index (χ2n) is 4.96. The summed E-state index contributed by atoms with van der Waals surface area (Å²) in [7, 11) is 0. The van der Waals surface area contributed by atoms with Crippen LogP contribution in [0.4, 0.5) is 9.18 Å². The van der Waals surface area contributed by atoms with Crippen LogP contribution in [0.2, 0.25) is 0 Å². The summed E-state index contributed by atoms with van der Waals surface area (Å²) < 4.78 is 18.7. The lowest BCUT2D eigenvalue weighted by Crippen LogP contribution is -2.42. The summed E-state index contributed by atoms with van der Waals surface area (Å²) in [6.07, 6.45) is -1.69. The number of aliphatic imine (C=N–C) groups is 1. The average Bonchev–Trinajstić information content (AvgIpc) is 2.92. The molecule has 21 heavy (non-hydrogen) atoms. The van der Waals surface area contributed by atoms with Crippen molar-refractivity contribution in [1.29, 1.82) is 0 Å². The molecule has 1 heterocycles. The van der Waals surface area contributed by atoms with Crippen LogP contribution in [0, 0.1) is 13.8 Å². The lowest BCUT2D eigenvalue weighted by molar-refractivity contribution is 0.164. The highest BCUT2D eigenvalue weighted by molar-refractivity contribution is 5.98. The Balaban J connectivity index is 2.23. The molecule has 0 bridgehead atoms. The van der Waals surface area contributed by atoms with Crippen molar-refractivity contribution in [2.45, 2.75) is 26.4 Å². The number of benzene rings is 1. The van der Waals surface area contributed by atoms with E-state index in [9.17, 15) is 9.18 Å². The summed E-state index contributed by atoms with van der Waals surface area (Å²) in [5.74, 6) is 0.925. The predicted molar refractivity (Wildman–Crippen MR) is 78.0 cm³/mol. The molecule has 1 unspecified atom stereocenters. The van der Waals surface area contributed by atoms with Gasteiger partial charge in [0.15, 0.2) is 11.9 Å². The van der Waals surface area contributed by atoms with Crippen LogP contribution in [-0.4, -0.2) is 47.8 Å². The van der Waals surface area contributed by atoms with E-state index in [-0.39, 0.29) is 6.42 Å². The molecule has 0 saturated carbocycles. The monoisotopic (exact) mass is 294 g/mol. The van der Waals surface area contributed by atoms with E-state index in [0.717, 1.165) is 16.0 Å². The fourth-order valence-electron chi connectivity index (χ4n) is 2.28. The molecule has 0 aliphatic carbocycles. The Kier molecular flexibility index (Phi) is 4.77. The lowest BCUT2D eigenvalue weighted by Gasteiger charge is -2.24. The van der Waals surface area contributed by atoms with E-state index < -0.39 is 18.9 Å². The molecular weight excluding hydrogens is 275 g/mol. The van der Waals surface area contributed by atoms with Crippen LogP contribution >= 0.6 is 0 Å². The first kappa shape index (κ1) is 15.3. The summed E-state index contributed by atoms with van der Waals surface area (Å²) in [4.78, 5) is 16.5. The van der Waals surface area contributed by atoms with Gasteiger partial charge in [-0.1, -0.05) is 12.1 Å². The normalized spacial score (nSPS) is 15.8. The van der Waals surface area contributed by atoms with Gasteiger partial charge in [0, 0.05) is 6.42 Å². The molecule has 0 fully saturated rings. The van der Waals surface area contributed by atoms with E-state index in [1.165, 1.54) is 0 Å². The molecular formula is C15H19FN2O3. The molecule has 1 aliphatic heterocycles. The van der Waals surface area contributed by atoms with Crippen LogP contribution < -0.4 is 4.74 Å². The highest BCUT2D eigenvalue weighted by atomic mass is 19.1. The van der Waals surface area contributed by atoms with Crippen LogP contribution in [0.3, 0.4) is 0 Å². The fraction of sp³-hybridized carbons (Fsp3) is 0.467. The van der Waals surface area contributed by atoms with Crippen molar-refractivity contribution in [1.82, 2.24) is 4.90 Å². The van der Waals surface area contributed by atoms with Gasteiger partial charge in [-0.3, -0.25) is 14.3 Å². The molecule has 2 rings (SSSR count). The van der Waals surface area contributed by atoms with E-state index in [1.807, 2.05) is 26.0 Å². The van der Waals surface area contributed by atoms with Crippen LogP contribution in [0.5, 0.6) is 5.75 Å². The standard InChI is InChI=1S/C15H19FN2O3/c1-10-4-3-5-12(11(10)2)21-13(6-7-16)14-17-8-9-18(14)15(19)20/h3-5,13H,6-9H2,1-2H3,(H,19,20). The number of amides is 1. The van der Waals surface area contributed by atoms with E-state index in [2.05, 4.69) is 4.99 Å². The van der Waals surface area contributed by atoms with E-state index in [4.69, 9.17) is 9.84 Å². The first-order chi connectivity index (χ1) is 10.0. The SMILES string of the molecule is Cc1cccc(OC(CCF)C2=NCCN2C(=O)O)c1C. The van der Waals surface area contributed by atoms with Crippen molar-refractivity contribution in [3.05, 3.63) is 29.3 Å². The summed E-state index contributed by atoms with van der Waals surface area (Å²) in [5, 5.41) is 9.16. The van der Waals surface area contributed by atoms with Crippen molar-refractivity contribution in [2.75, 3.05) is 19.8 Å². The van der Waals surface area contributed by atoms with Gasteiger partial charge in [0.1, 0.15) is 5.75 Å². The minimum Gasteiger partial charge on any atom is -0.482 e. The molecule has 0 saturated heterocycles. The van der Waals surface area contributed by atoms with Crippen LogP contribution in [0.1, 0.15) is 17.5 Å². The molecule has 1 aromatic rings. The van der Waals surface area contributed by atoms with Crippen molar-refractivity contribution >= 4 is 11.9 Å². The Morgan fingerprint density at radius 3 is 2.95 bits per heavy atom. The first-order valence-corrected chi connectivity index (χ1v) is 6.88. The van der Waals surface area contributed by atoms with Gasteiger partial charge in [0.05, 0.1) is 19.8 Å². The number of hydrogen-bond acceptors (Lipinski definition) is 3. The third kappa shape index (κ3) is 3.32. The maximum atomic E-state index is 12.8. The van der Waals surface area contributed by atoms with Crippen LogP contribution in [0.25, 0.3) is 0 Å². The lowest BCUT2D eigenvalue weighted by atomic mass is 10.1. The van der Waals surface area contributed by atoms with Crippen molar-refractivity contribution in [2.24, 2.45) is 4.99 Å². The van der Waals surface area contributed by atoms with Gasteiger partial charge in [0.2, 0.25) is 0 Å². The molecule has 1 aliphatic rings. The number of ether oxygens (including phenoxy) is 1. The van der Waals surface area contributed by atoms with Crippen molar-refractivity contribution in [3.8, 4) is 5.75 Å². The quantitative estimate of drug-likeness (QED) is 0.908. The molecule has 0 aromatic heterocycles. The van der Waals surface area contributed by atoms with Crippen LogP contribution in [0.15, 0.2) is 23.2 Å². The van der Waals surface area contributed by atoms with E-state index in [0.29, 0.717) is 24.7 Å². The highest BCUT2D eigenvalue weighted by Gasteiger charge is 2.31. The number of aryl methyl sites for hydroxylation is 1. The zero-order valence-corrected chi connectivity index (χ0v) is 12.2. The number of hydrogen-bond donors (Lipinski definition) is 1. The predicted octanol–water partition coefficient (Wildman–Crippen LogP) is 2.80. The highest BCUT2D eigenvalue weighted by Crippen LogP contribution is 2.24. The molecule has 5 nitrogen and oxygen atoms in total. The van der Waals surface area contributed by atoms with Gasteiger partial charge in [0.25, 0.3) is 0 Å². The average molecular weight is 294 g/mol. The van der Waals surface area contributed by atoms with Gasteiger partial charge < -0.3 is 9.84 Å². The topological polar surface area (TPSA) is 62.1 Å². The summed E-state index contributed by atoms with van der Waals surface area (Å²) in [6.45, 7) is 3.97. The van der Waals surface area contributed by atoms with Crippen LogP contribution in [-0.2, 0) is 0 Å². The van der Waals surface area contributed by atoms with Crippen molar-refractivity contribution < 1.29 is 19.0 Å². The third-order valence-corrected chi connectivity index (χ3v) is 3.59. The van der Waals surface area contributed by atoms with E-state index in [1.54, 1.807) is 6.07 Å². The third-order valence-electron chi connectivity index (χ3n) is 3.59. The Bertz CT molecular complexity index is 560. The Hall–Kier alpha value is -2.11. The summed E-state index contributed by atoms with van der Waals surface area (Å²) in [6, 6.07) is 5.62. The number of carboxylic acid groups (broad SMARTS) is 1.